The van der Waals surface area contributed by atoms with Crippen LogP contribution in [-0.2, 0) is 16.0 Å². The summed E-state index contributed by atoms with van der Waals surface area (Å²) in [5.41, 5.74) is 4.22. The molecule has 3 aromatic rings. The third kappa shape index (κ3) is 3.06. The number of ether oxygens (including phenoxy) is 1. The minimum atomic E-state index is -0.451. The monoisotopic (exact) mass is 363 g/mol. The van der Waals surface area contributed by atoms with E-state index in [1.54, 1.807) is 11.3 Å². The molecule has 1 aliphatic rings. The minimum Gasteiger partial charge on any atom is -0.454 e. The summed E-state index contributed by atoms with van der Waals surface area (Å²) in [6.07, 6.45) is 3.72. The molecule has 0 saturated heterocycles. The fourth-order valence-electron chi connectivity index (χ4n) is 3.30. The van der Waals surface area contributed by atoms with Crippen molar-refractivity contribution >= 4 is 45.6 Å². The molecule has 0 bridgehead atoms. The number of carbonyl (C=O) groups is 2. The highest BCUT2D eigenvalue weighted by Crippen LogP contribution is 2.38. The molecule has 0 radical (unpaired) electrons. The number of para-hydroxylation sites is 1. The molecule has 4 nitrogen and oxygen atoms in total. The fourth-order valence-corrected chi connectivity index (χ4v) is 3.98. The van der Waals surface area contributed by atoms with E-state index in [9.17, 15) is 9.59 Å². The average Bonchev–Trinajstić information content (AvgIpc) is 3.28. The van der Waals surface area contributed by atoms with E-state index < -0.39 is 5.97 Å². The van der Waals surface area contributed by atoms with Crippen LogP contribution in [0.25, 0.3) is 22.6 Å². The van der Waals surface area contributed by atoms with Gasteiger partial charge in [-0.3, -0.25) is 4.79 Å². The Morgan fingerprint density at radius 1 is 1.19 bits per heavy atom. The minimum absolute atomic E-state index is 0.174. The van der Waals surface area contributed by atoms with Crippen LogP contribution in [-0.4, -0.2) is 23.3 Å². The number of hydrogen-bond acceptors (Lipinski definition) is 5. The molecule has 0 unspecified atom stereocenters. The number of aromatic nitrogens is 1. The number of hydrogen-bond donors (Lipinski definition) is 0. The fraction of sp³-hybridized carbons (Fsp3) is 0.190. The SMILES string of the molecule is CC(=O)COC(=O)c1c2c(nc3ccccc13)/C(=C/c1cccs1)CC2. The van der Waals surface area contributed by atoms with Gasteiger partial charge in [-0.2, -0.15) is 0 Å². The van der Waals surface area contributed by atoms with Gasteiger partial charge in [0.2, 0.25) is 0 Å². The molecule has 2 heterocycles. The lowest BCUT2D eigenvalue weighted by Crippen LogP contribution is -2.14. The summed E-state index contributed by atoms with van der Waals surface area (Å²) in [5.74, 6) is -0.626. The molecular formula is C21H17NO3S. The first-order chi connectivity index (χ1) is 12.6. The number of pyridine rings is 1. The van der Waals surface area contributed by atoms with Crippen LogP contribution in [0.4, 0.5) is 0 Å². The van der Waals surface area contributed by atoms with Crippen molar-refractivity contribution in [1.29, 1.82) is 0 Å². The Balaban J connectivity index is 1.86. The van der Waals surface area contributed by atoms with Crippen molar-refractivity contribution in [3.8, 4) is 0 Å². The molecule has 1 aliphatic carbocycles. The highest BCUT2D eigenvalue weighted by molar-refractivity contribution is 7.10. The molecule has 0 spiro atoms. The summed E-state index contributed by atoms with van der Waals surface area (Å²) in [6, 6.07) is 11.7. The number of nitrogens with zero attached hydrogens (tertiary/aromatic N) is 1. The number of carbonyl (C=O) groups excluding carboxylic acids is 2. The number of esters is 1. The van der Waals surface area contributed by atoms with Crippen LogP contribution in [0.2, 0.25) is 0 Å². The van der Waals surface area contributed by atoms with Gasteiger partial charge in [0.15, 0.2) is 5.78 Å². The molecule has 130 valence electrons. The maximum Gasteiger partial charge on any atom is 0.339 e. The second kappa shape index (κ2) is 6.84. The quantitative estimate of drug-likeness (QED) is 0.639. The zero-order valence-electron chi connectivity index (χ0n) is 14.3. The number of Topliss-reactive ketones (excluding diaryl/α,β-unsaturated/α-hetero) is 1. The van der Waals surface area contributed by atoms with Crippen LogP contribution in [0.5, 0.6) is 0 Å². The van der Waals surface area contributed by atoms with Gasteiger partial charge in [-0.25, -0.2) is 9.78 Å². The van der Waals surface area contributed by atoms with Crippen molar-refractivity contribution in [3.63, 3.8) is 0 Å². The van der Waals surface area contributed by atoms with E-state index in [2.05, 4.69) is 12.1 Å². The summed E-state index contributed by atoms with van der Waals surface area (Å²) >= 11 is 1.68. The van der Waals surface area contributed by atoms with E-state index >= 15 is 0 Å². The molecule has 0 fully saturated rings. The lowest BCUT2D eigenvalue weighted by molar-refractivity contribution is -0.120. The van der Waals surface area contributed by atoms with E-state index in [-0.39, 0.29) is 12.4 Å². The Bertz CT molecular complexity index is 1030. The molecule has 1 aromatic carbocycles. The largest absolute Gasteiger partial charge is 0.454 e. The van der Waals surface area contributed by atoms with Crippen LogP contribution in [0.3, 0.4) is 0 Å². The van der Waals surface area contributed by atoms with Crippen LogP contribution in [0, 0.1) is 0 Å². The van der Waals surface area contributed by atoms with Gasteiger partial charge in [0, 0.05) is 10.3 Å². The van der Waals surface area contributed by atoms with E-state index in [1.807, 2.05) is 35.7 Å². The molecular weight excluding hydrogens is 346 g/mol. The summed E-state index contributed by atoms with van der Waals surface area (Å²) < 4.78 is 5.23. The molecule has 2 aromatic heterocycles. The number of thiophene rings is 1. The van der Waals surface area contributed by atoms with E-state index in [4.69, 9.17) is 9.72 Å². The van der Waals surface area contributed by atoms with Gasteiger partial charge in [0.25, 0.3) is 0 Å². The van der Waals surface area contributed by atoms with E-state index in [0.29, 0.717) is 5.56 Å². The van der Waals surface area contributed by atoms with Crippen molar-refractivity contribution in [2.75, 3.05) is 6.61 Å². The maximum absolute atomic E-state index is 12.7. The van der Waals surface area contributed by atoms with Gasteiger partial charge in [0.05, 0.1) is 16.8 Å². The second-order valence-corrected chi connectivity index (χ2v) is 7.27. The molecule has 4 rings (SSSR count). The molecule has 0 atom stereocenters. The highest BCUT2D eigenvalue weighted by Gasteiger charge is 2.27. The van der Waals surface area contributed by atoms with Crippen molar-refractivity contribution < 1.29 is 14.3 Å². The molecule has 0 amide bonds. The number of allylic oxidation sites excluding steroid dienone is 1. The molecule has 0 N–H and O–H groups in total. The third-order valence-corrected chi connectivity index (χ3v) is 5.23. The number of fused-ring (bicyclic) bond motifs is 2. The van der Waals surface area contributed by atoms with Crippen molar-refractivity contribution in [1.82, 2.24) is 4.98 Å². The predicted molar refractivity (Wildman–Crippen MR) is 103 cm³/mol. The summed E-state index contributed by atoms with van der Waals surface area (Å²) in [4.78, 5) is 29.9. The Kier molecular flexibility index (Phi) is 4.39. The number of benzene rings is 1. The first kappa shape index (κ1) is 16.7. The lowest BCUT2D eigenvalue weighted by atomic mass is 10.0. The summed E-state index contributed by atoms with van der Waals surface area (Å²) in [5, 5.41) is 2.82. The number of rotatable bonds is 4. The van der Waals surface area contributed by atoms with Crippen LogP contribution >= 0.6 is 11.3 Å². The predicted octanol–water partition coefficient (Wildman–Crippen LogP) is 4.53. The van der Waals surface area contributed by atoms with Gasteiger partial charge in [-0.1, -0.05) is 24.3 Å². The topological polar surface area (TPSA) is 56.3 Å². The third-order valence-electron chi connectivity index (χ3n) is 4.41. The summed E-state index contributed by atoms with van der Waals surface area (Å²) in [7, 11) is 0. The smallest absolute Gasteiger partial charge is 0.339 e. The Labute approximate surface area is 155 Å². The van der Waals surface area contributed by atoms with Crippen LogP contribution < -0.4 is 0 Å². The van der Waals surface area contributed by atoms with Gasteiger partial charge < -0.3 is 4.74 Å². The van der Waals surface area contributed by atoms with Crippen LogP contribution in [0.1, 0.15) is 39.8 Å². The van der Waals surface area contributed by atoms with Crippen LogP contribution in [0.15, 0.2) is 41.8 Å². The van der Waals surface area contributed by atoms with Crippen molar-refractivity contribution in [3.05, 3.63) is 63.5 Å². The van der Waals surface area contributed by atoms with Gasteiger partial charge in [-0.05, 0) is 54.5 Å². The standard InChI is InChI=1S/C21H17NO3S/c1-13(23)12-25-21(24)19-16-6-2-3-7-18(16)22-20-14(8-9-17(19)20)11-15-5-4-10-26-15/h2-7,10-11H,8-9,12H2,1H3/b14-11+. The van der Waals surface area contributed by atoms with Crippen molar-refractivity contribution in [2.24, 2.45) is 0 Å². The normalized spacial score (nSPS) is 14.6. The summed E-state index contributed by atoms with van der Waals surface area (Å²) in [6.45, 7) is 1.20. The van der Waals surface area contributed by atoms with Gasteiger partial charge in [-0.15, -0.1) is 11.3 Å². The van der Waals surface area contributed by atoms with Crippen molar-refractivity contribution in [2.45, 2.75) is 19.8 Å². The zero-order valence-corrected chi connectivity index (χ0v) is 15.1. The van der Waals surface area contributed by atoms with Gasteiger partial charge >= 0.3 is 5.97 Å². The molecule has 26 heavy (non-hydrogen) atoms. The average molecular weight is 363 g/mol. The Hall–Kier alpha value is -2.79. The van der Waals surface area contributed by atoms with Gasteiger partial charge in [0.1, 0.15) is 6.61 Å². The Morgan fingerprint density at radius 2 is 2.04 bits per heavy atom. The number of ketones is 1. The second-order valence-electron chi connectivity index (χ2n) is 6.29. The lowest BCUT2D eigenvalue weighted by Gasteiger charge is -2.11. The van der Waals surface area contributed by atoms with E-state index in [0.717, 1.165) is 40.6 Å². The Morgan fingerprint density at radius 3 is 2.81 bits per heavy atom. The van der Waals surface area contributed by atoms with E-state index in [1.165, 1.54) is 11.8 Å². The molecule has 5 heteroatoms. The first-order valence-electron chi connectivity index (χ1n) is 8.46. The zero-order chi connectivity index (χ0) is 18.1. The highest BCUT2D eigenvalue weighted by atomic mass is 32.1. The maximum atomic E-state index is 12.7. The first-order valence-corrected chi connectivity index (χ1v) is 9.34. The molecule has 0 saturated carbocycles. The molecule has 0 aliphatic heterocycles.